The molecule has 1 amide bonds. The van der Waals surface area contributed by atoms with E-state index in [1.807, 2.05) is 32.0 Å². The lowest BCUT2D eigenvalue weighted by Crippen LogP contribution is -2.24. The fourth-order valence-corrected chi connectivity index (χ4v) is 3.56. The predicted molar refractivity (Wildman–Crippen MR) is 123 cm³/mol. The molecule has 0 bridgehead atoms. The lowest BCUT2D eigenvalue weighted by Gasteiger charge is -2.09. The van der Waals surface area contributed by atoms with Gasteiger partial charge in [-0.1, -0.05) is 22.0 Å². The Morgan fingerprint density at radius 2 is 1.96 bits per heavy atom. The molecule has 0 aliphatic carbocycles. The number of rotatable bonds is 6. The first-order chi connectivity index (χ1) is 13.4. The number of halogens is 2. The zero-order valence-electron chi connectivity index (χ0n) is 15.4. The highest BCUT2D eigenvalue weighted by atomic mass is 127. The monoisotopic (exact) mass is 551 g/mol. The summed E-state index contributed by atoms with van der Waals surface area (Å²) in [6, 6.07) is 17.7. The molecule has 1 aromatic heterocycles. The Labute approximate surface area is 186 Å². The van der Waals surface area contributed by atoms with Crippen LogP contribution in [-0.4, -0.2) is 23.3 Å². The van der Waals surface area contributed by atoms with Crippen molar-refractivity contribution < 1.29 is 9.53 Å². The average Bonchev–Trinajstić information content (AvgIpc) is 2.95. The largest absolute Gasteiger partial charge is 0.484 e. The maximum atomic E-state index is 11.9. The molecule has 28 heavy (non-hydrogen) atoms. The molecule has 5 nitrogen and oxygen atoms in total. The second kappa shape index (κ2) is 9.38. The van der Waals surface area contributed by atoms with Crippen molar-refractivity contribution in [3.8, 4) is 11.4 Å². The number of hydrogen-bond acceptors (Lipinski definition) is 3. The van der Waals surface area contributed by atoms with Gasteiger partial charge in [-0.3, -0.25) is 4.79 Å². The number of aromatic nitrogens is 1. The van der Waals surface area contributed by atoms with Crippen molar-refractivity contribution >= 4 is 50.6 Å². The van der Waals surface area contributed by atoms with Crippen LogP contribution in [0, 0.1) is 17.4 Å². The fourth-order valence-electron chi connectivity index (χ4n) is 2.82. The van der Waals surface area contributed by atoms with Gasteiger partial charge in [-0.15, -0.1) is 0 Å². The topological polar surface area (TPSA) is 55.6 Å². The van der Waals surface area contributed by atoms with Crippen LogP contribution in [0.25, 0.3) is 5.69 Å². The summed E-state index contributed by atoms with van der Waals surface area (Å²) in [6.45, 7) is 3.98. The highest BCUT2D eigenvalue weighted by Gasteiger charge is 2.09. The first kappa shape index (κ1) is 20.6. The molecular weight excluding hydrogens is 533 g/mol. The minimum Gasteiger partial charge on any atom is -0.484 e. The van der Waals surface area contributed by atoms with Crippen LogP contribution in [0.2, 0.25) is 0 Å². The van der Waals surface area contributed by atoms with Crippen molar-refractivity contribution in [3.05, 3.63) is 79.6 Å². The lowest BCUT2D eigenvalue weighted by molar-refractivity contribution is -0.123. The van der Waals surface area contributed by atoms with Crippen molar-refractivity contribution in [2.75, 3.05) is 6.61 Å². The molecule has 0 aliphatic rings. The third-order valence-electron chi connectivity index (χ3n) is 4.11. The molecule has 7 heteroatoms. The Hall–Kier alpha value is -2.13. The number of nitrogens with one attached hydrogen (secondary N) is 1. The number of carbonyl (C=O) groups is 1. The Balaban J connectivity index is 1.62. The summed E-state index contributed by atoms with van der Waals surface area (Å²) in [5.74, 6) is 0.303. The standard InChI is InChI=1S/C21H19BrIN3O2/c1-14-10-16(15(2)26(14)19-8-6-18(23)7-9-19)12-24-25-21(27)13-28-20-5-3-4-17(22)11-20/h3-12H,13H2,1-2H3,(H,25,27)/b24-12+. The minimum atomic E-state index is -0.317. The van der Waals surface area contributed by atoms with Gasteiger partial charge in [0.15, 0.2) is 6.61 Å². The number of amides is 1. The Kier molecular flexibility index (Phi) is 6.90. The number of nitrogens with zero attached hydrogens (tertiary/aromatic N) is 2. The zero-order valence-corrected chi connectivity index (χ0v) is 19.2. The van der Waals surface area contributed by atoms with Gasteiger partial charge in [0.05, 0.1) is 6.21 Å². The van der Waals surface area contributed by atoms with Crippen molar-refractivity contribution in [1.29, 1.82) is 0 Å². The van der Waals surface area contributed by atoms with Gasteiger partial charge in [0, 0.05) is 30.7 Å². The molecule has 0 aliphatic heterocycles. The van der Waals surface area contributed by atoms with Crippen molar-refractivity contribution in [1.82, 2.24) is 9.99 Å². The van der Waals surface area contributed by atoms with Crippen LogP contribution in [0.15, 0.2) is 64.2 Å². The van der Waals surface area contributed by atoms with Crippen LogP contribution in [-0.2, 0) is 4.79 Å². The molecule has 0 unspecified atom stereocenters. The Bertz CT molecular complexity index is 1010. The SMILES string of the molecule is Cc1cc(/C=N/NC(=O)COc2cccc(Br)c2)c(C)n1-c1ccc(I)cc1. The molecule has 144 valence electrons. The lowest BCUT2D eigenvalue weighted by atomic mass is 10.2. The number of hydrazone groups is 1. The van der Waals surface area contributed by atoms with Crippen LogP contribution in [0.5, 0.6) is 5.75 Å². The summed E-state index contributed by atoms with van der Waals surface area (Å²) in [5.41, 5.74) is 6.71. The van der Waals surface area contributed by atoms with Crippen molar-refractivity contribution in [3.63, 3.8) is 0 Å². The average molecular weight is 552 g/mol. The zero-order chi connectivity index (χ0) is 20.1. The van der Waals surface area contributed by atoms with Crippen LogP contribution in [0.4, 0.5) is 0 Å². The first-order valence-electron chi connectivity index (χ1n) is 8.59. The summed E-state index contributed by atoms with van der Waals surface area (Å²) in [7, 11) is 0. The summed E-state index contributed by atoms with van der Waals surface area (Å²) in [5, 5.41) is 4.07. The van der Waals surface area contributed by atoms with E-state index in [1.165, 1.54) is 3.57 Å². The second-order valence-electron chi connectivity index (χ2n) is 6.18. The van der Waals surface area contributed by atoms with E-state index >= 15 is 0 Å². The van der Waals surface area contributed by atoms with Crippen LogP contribution < -0.4 is 10.2 Å². The smallest absolute Gasteiger partial charge is 0.277 e. The summed E-state index contributed by atoms with van der Waals surface area (Å²) < 4.78 is 9.70. The molecule has 0 saturated heterocycles. The van der Waals surface area contributed by atoms with Gasteiger partial charge < -0.3 is 9.30 Å². The van der Waals surface area contributed by atoms with E-state index in [-0.39, 0.29) is 12.5 Å². The van der Waals surface area contributed by atoms with Gasteiger partial charge in [-0.05, 0) is 85.0 Å². The van der Waals surface area contributed by atoms with Crippen LogP contribution >= 0.6 is 38.5 Å². The highest BCUT2D eigenvalue weighted by Crippen LogP contribution is 2.20. The molecular formula is C21H19BrIN3O2. The summed E-state index contributed by atoms with van der Waals surface area (Å²) >= 11 is 5.66. The van der Waals surface area contributed by atoms with E-state index in [0.29, 0.717) is 5.75 Å². The Morgan fingerprint density at radius 1 is 1.21 bits per heavy atom. The Morgan fingerprint density at radius 3 is 2.68 bits per heavy atom. The van der Waals surface area contributed by atoms with E-state index in [1.54, 1.807) is 18.3 Å². The number of aryl methyl sites for hydroxylation is 1. The maximum Gasteiger partial charge on any atom is 0.277 e. The molecule has 0 fully saturated rings. The minimum absolute atomic E-state index is 0.102. The number of ether oxygens (including phenoxy) is 1. The number of benzene rings is 2. The summed E-state index contributed by atoms with van der Waals surface area (Å²) in [4.78, 5) is 11.9. The first-order valence-corrected chi connectivity index (χ1v) is 10.5. The molecule has 2 aromatic carbocycles. The molecule has 0 spiro atoms. The van der Waals surface area contributed by atoms with E-state index in [2.05, 4.69) is 77.9 Å². The number of carbonyl (C=O) groups excluding carboxylic acids is 1. The molecule has 1 heterocycles. The van der Waals surface area contributed by atoms with Crippen LogP contribution in [0.3, 0.4) is 0 Å². The maximum absolute atomic E-state index is 11.9. The van der Waals surface area contributed by atoms with Crippen molar-refractivity contribution in [2.24, 2.45) is 5.10 Å². The van der Waals surface area contributed by atoms with E-state index < -0.39 is 0 Å². The van der Waals surface area contributed by atoms with Gasteiger partial charge in [-0.25, -0.2) is 5.43 Å². The second-order valence-corrected chi connectivity index (χ2v) is 8.34. The molecule has 0 saturated carbocycles. The van der Waals surface area contributed by atoms with Gasteiger partial charge in [-0.2, -0.15) is 5.10 Å². The van der Waals surface area contributed by atoms with E-state index in [4.69, 9.17) is 4.74 Å². The van der Waals surface area contributed by atoms with E-state index in [9.17, 15) is 4.79 Å². The normalized spacial score (nSPS) is 11.0. The van der Waals surface area contributed by atoms with E-state index in [0.717, 1.165) is 27.1 Å². The highest BCUT2D eigenvalue weighted by molar-refractivity contribution is 14.1. The molecule has 0 radical (unpaired) electrons. The molecule has 0 atom stereocenters. The summed E-state index contributed by atoms with van der Waals surface area (Å²) in [6.07, 6.45) is 1.66. The molecule has 1 N–H and O–H groups in total. The fraction of sp³-hybridized carbons (Fsp3) is 0.143. The van der Waals surface area contributed by atoms with Gasteiger partial charge >= 0.3 is 0 Å². The quantitative estimate of drug-likeness (QED) is 0.266. The molecule has 3 rings (SSSR count). The van der Waals surface area contributed by atoms with Gasteiger partial charge in [0.25, 0.3) is 5.91 Å². The molecule has 3 aromatic rings. The number of hydrogen-bond donors (Lipinski definition) is 1. The van der Waals surface area contributed by atoms with Crippen molar-refractivity contribution in [2.45, 2.75) is 13.8 Å². The van der Waals surface area contributed by atoms with Gasteiger partial charge in [0.2, 0.25) is 0 Å². The predicted octanol–water partition coefficient (Wildman–Crippen LogP) is 4.99. The third-order valence-corrected chi connectivity index (χ3v) is 5.33. The third kappa shape index (κ3) is 5.23. The van der Waals surface area contributed by atoms with Crippen LogP contribution in [0.1, 0.15) is 17.0 Å². The van der Waals surface area contributed by atoms with Gasteiger partial charge in [0.1, 0.15) is 5.75 Å².